The van der Waals surface area contributed by atoms with Gasteiger partial charge in [0.15, 0.2) is 28.6 Å². The summed E-state index contributed by atoms with van der Waals surface area (Å²) in [4.78, 5) is 14.6. The van der Waals surface area contributed by atoms with Crippen molar-refractivity contribution in [2.45, 2.75) is 17.7 Å². The van der Waals surface area contributed by atoms with Crippen LogP contribution in [0.1, 0.15) is 17.5 Å². The van der Waals surface area contributed by atoms with Crippen molar-refractivity contribution in [3.05, 3.63) is 59.9 Å². The zero-order valence-electron chi connectivity index (χ0n) is 15.9. The number of benzene rings is 2. The van der Waals surface area contributed by atoms with Crippen molar-refractivity contribution in [2.75, 3.05) is 23.8 Å². The van der Waals surface area contributed by atoms with Gasteiger partial charge >= 0.3 is 0 Å². The SMILES string of the molecule is Cn1c(SCC(=O)N2CCc3ccccc32)nnc1C1COc2ccccc2O1. The van der Waals surface area contributed by atoms with E-state index in [1.165, 1.54) is 17.3 Å². The number of nitrogens with zero attached hydrogens (tertiary/aromatic N) is 4. The molecule has 3 heterocycles. The van der Waals surface area contributed by atoms with E-state index < -0.39 is 0 Å². The minimum Gasteiger partial charge on any atom is -0.485 e. The standard InChI is InChI=1S/C21H20N4O3S/c1-24-20(18-12-27-16-8-4-5-9-17(16)28-18)22-23-21(24)29-13-19(26)25-11-10-14-6-2-3-7-15(14)25/h2-9,18H,10-13H2,1H3. The molecule has 0 radical (unpaired) electrons. The third kappa shape index (κ3) is 3.33. The molecule has 0 fully saturated rings. The molecule has 0 saturated carbocycles. The van der Waals surface area contributed by atoms with E-state index in [0.717, 1.165) is 24.4 Å². The summed E-state index contributed by atoms with van der Waals surface area (Å²) in [5, 5.41) is 9.23. The quantitative estimate of drug-likeness (QED) is 0.618. The number of ether oxygens (including phenoxy) is 2. The number of carbonyl (C=O) groups is 1. The highest BCUT2D eigenvalue weighted by atomic mass is 32.2. The van der Waals surface area contributed by atoms with Gasteiger partial charge in [-0.2, -0.15) is 0 Å². The van der Waals surface area contributed by atoms with Crippen LogP contribution in [0.4, 0.5) is 5.69 Å². The van der Waals surface area contributed by atoms with Crippen LogP contribution >= 0.6 is 11.8 Å². The van der Waals surface area contributed by atoms with E-state index in [1.807, 2.05) is 59.0 Å². The molecule has 148 valence electrons. The first-order chi connectivity index (χ1) is 14.2. The monoisotopic (exact) mass is 408 g/mol. The van der Waals surface area contributed by atoms with E-state index in [9.17, 15) is 4.79 Å². The van der Waals surface area contributed by atoms with Gasteiger partial charge in [-0.3, -0.25) is 4.79 Å². The maximum Gasteiger partial charge on any atom is 0.237 e. The molecule has 0 bridgehead atoms. The van der Waals surface area contributed by atoms with Crippen LogP contribution in [0.25, 0.3) is 0 Å². The van der Waals surface area contributed by atoms with E-state index in [2.05, 4.69) is 16.3 Å². The summed E-state index contributed by atoms with van der Waals surface area (Å²) in [6.45, 7) is 1.10. The molecule has 1 unspecified atom stereocenters. The number of hydrogen-bond acceptors (Lipinski definition) is 6. The van der Waals surface area contributed by atoms with Gasteiger partial charge in [-0.1, -0.05) is 42.1 Å². The Morgan fingerprint density at radius 2 is 1.93 bits per heavy atom. The average molecular weight is 408 g/mol. The molecule has 0 saturated heterocycles. The van der Waals surface area contributed by atoms with Crippen molar-refractivity contribution in [1.82, 2.24) is 14.8 Å². The van der Waals surface area contributed by atoms with Crippen LogP contribution in [0, 0.1) is 0 Å². The number of fused-ring (bicyclic) bond motifs is 2. The van der Waals surface area contributed by atoms with Crippen molar-refractivity contribution in [2.24, 2.45) is 7.05 Å². The van der Waals surface area contributed by atoms with Crippen LogP contribution in [0.5, 0.6) is 11.5 Å². The van der Waals surface area contributed by atoms with Crippen LogP contribution in [0.15, 0.2) is 53.7 Å². The number of rotatable bonds is 4. The summed E-state index contributed by atoms with van der Waals surface area (Å²) in [7, 11) is 1.89. The minimum absolute atomic E-state index is 0.0793. The van der Waals surface area contributed by atoms with Crippen LogP contribution < -0.4 is 14.4 Å². The van der Waals surface area contributed by atoms with Gasteiger partial charge in [0.05, 0.1) is 5.75 Å². The van der Waals surface area contributed by atoms with E-state index in [-0.39, 0.29) is 12.0 Å². The lowest BCUT2D eigenvalue weighted by Crippen LogP contribution is -2.30. The van der Waals surface area contributed by atoms with Crippen LogP contribution in [-0.4, -0.2) is 39.6 Å². The fourth-order valence-corrected chi connectivity index (χ4v) is 4.47. The Bertz CT molecular complexity index is 1070. The van der Waals surface area contributed by atoms with Gasteiger partial charge < -0.3 is 18.9 Å². The van der Waals surface area contributed by atoms with Gasteiger partial charge in [-0.15, -0.1) is 10.2 Å². The van der Waals surface area contributed by atoms with Gasteiger partial charge in [0, 0.05) is 19.3 Å². The summed E-state index contributed by atoms with van der Waals surface area (Å²) in [6.07, 6.45) is 0.569. The first-order valence-corrected chi connectivity index (χ1v) is 10.5. The van der Waals surface area contributed by atoms with Crippen molar-refractivity contribution in [3.63, 3.8) is 0 Å². The van der Waals surface area contributed by atoms with Gasteiger partial charge in [0.2, 0.25) is 5.91 Å². The summed E-state index contributed by atoms with van der Waals surface area (Å²) >= 11 is 1.39. The number of para-hydroxylation sites is 3. The van der Waals surface area contributed by atoms with E-state index >= 15 is 0 Å². The predicted octanol–water partition coefficient (Wildman–Crippen LogP) is 3.01. The fourth-order valence-electron chi connectivity index (χ4n) is 3.68. The number of aromatic nitrogens is 3. The fraction of sp³-hybridized carbons (Fsp3) is 0.286. The topological polar surface area (TPSA) is 69.5 Å². The van der Waals surface area contributed by atoms with Crippen molar-refractivity contribution < 1.29 is 14.3 Å². The van der Waals surface area contributed by atoms with E-state index in [4.69, 9.17) is 9.47 Å². The van der Waals surface area contributed by atoms with E-state index in [0.29, 0.717) is 29.1 Å². The molecule has 0 N–H and O–H groups in total. The molecule has 1 atom stereocenters. The number of amides is 1. The third-order valence-electron chi connectivity index (χ3n) is 5.18. The van der Waals surface area contributed by atoms with Gasteiger partial charge in [-0.05, 0) is 30.2 Å². The number of hydrogen-bond donors (Lipinski definition) is 0. The Balaban J connectivity index is 1.26. The zero-order chi connectivity index (χ0) is 19.8. The highest BCUT2D eigenvalue weighted by Gasteiger charge is 2.28. The number of anilines is 1. The molecule has 2 aliphatic heterocycles. The molecule has 2 aliphatic rings. The van der Waals surface area contributed by atoms with Crippen molar-refractivity contribution >= 4 is 23.4 Å². The normalized spacial score (nSPS) is 17.3. The zero-order valence-corrected chi connectivity index (χ0v) is 16.8. The smallest absolute Gasteiger partial charge is 0.237 e. The Hall–Kier alpha value is -3.00. The molecule has 29 heavy (non-hydrogen) atoms. The summed E-state index contributed by atoms with van der Waals surface area (Å²) in [5.41, 5.74) is 2.24. The highest BCUT2D eigenvalue weighted by molar-refractivity contribution is 7.99. The maximum absolute atomic E-state index is 12.7. The molecule has 5 rings (SSSR count). The van der Waals surface area contributed by atoms with Crippen molar-refractivity contribution in [1.29, 1.82) is 0 Å². The second-order valence-electron chi connectivity index (χ2n) is 6.98. The van der Waals surface area contributed by atoms with Gasteiger partial charge in [0.25, 0.3) is 0 Å². The van der Waals surface area contributed by atoms with Crippen molar-refractivity contribution in [3.8, 4) is 11.5 Å². The third-order valence-corrected chi connectivity index (χ3v) is 6.18. The lowest BCUT2D eigenvalue weighted by atomic mass is 10.2. The molecular formula is C21H20N4O3S. The average Bonchev–Trinajstić information content (AvgIpc) is 3.35. The molecule has 7 nitrogen and oxygen atoms in total. The Morgan fingerprint density at radius 1 is 1.14 bits per heavy atom. The second-order valence-corrected chi connectivity index (χ2v) is 7.92. The summed E-state index contributed by atoms with van der Waals surface area (Å²) in [5.74, 6) is 2.50. The minimum atomic E-state index is -0.335. The largest absolute Gasteiger partial charge is 0.485 e. The predicted molar refractivity (Wildman–Crippen MR) is 110 cm³/mol. The summed E-state index contributed by atoms with van der Waals surface area (Å²) in [6, 6.07) is 15.6. The molecule has 0 spiro atoms. The molecule has 2 aromatic carbocycles. The molecule has 1 aromatic heterocycles. The first-order valence-electron chi connectivity index (χ1n) is 9.49. The lowest BCUT2D eigenvalue weighted by Gasteiger charge is -2.25. The molecule has 1 amide bonds. The Kier molecular flexibility index (Phi) is 4.63. The number of thioether (sulfide) groups is 1. The van der Waals surface area contributed by atoms with Crippen LogP contribution in [0.3, 0.4) is 0 Å². The first kappa shape index (κ1) is 18.1. The lowest BCUT2D eigenvalue weighted by molar-refractivity contribution is -0.116. The second kappa shape index (κ2) is 7.44. The Labute approximate surface area is 172 Å². The summed E-state index contributed by atoms with van der Waals surface area (Å²) < 4.78 is 13.7. The maximum atomic E-state index is 12.7. The molecular weight excluding hydrogens is 388 g/mol. The highest BCUT2D eigenvalue weighted by Crippen LogP contribution is 2.36. The molecule has 0 aliphatic carbocycles. The number of carbonyl (C=O) groups excluding carboxylic acids is 1. The van der Waals surface area contributed by atoms with Gasteiger partial charge in [0.1, 0.15) is 6.61 Å². The Morgan fingerprint density at radius 3 is 2.83 bits per heavy atom. The van der Waals surface area contributed by atoms with Crippen LogP contribution in [0.2, 0.25) is 0 Å². The van der Waals surface area contributed by atoms with E-state index in [1.54, 1.807) is 0 Å². The van der Waals surface area contributed by atoms with Gasteiger partial charge in [-0.25, -0.2) is 0 Å². The molecule has 8 heteroatoms. The molecule has 3 aromatic rings. The van der Waals surface area contributed by atoms with Crippen LogP contribution in [-0.2, 0) is 18.3 Å².